The summed E-state index contributed by atoms with van der Waals surface area (Å²) in [5.74, 6) is 0.273. The smallest absolute Gasteiger partial charge is 0.333 e. The van der Waals surface area contributed by atoms with E-state index in [0.29, 0.717) is 12.2 Å². The number of nitrogens with two attached hydrogens (primary N) is 1. The highest BCUT2D eigenvalue weighted by Crippen LogP contribution is 2.35. The van der Waals surface area contributed by atoms with Crippen LogP contribution < -0.4 is 15.8 Å². The van der Waals surface area contributed by atoms with E-state index < -0.39 is 4.92 Å². The van der Waals surface area contributed by atoms with E-state index in [9.17, 15) is 10.1 Å². The van der Waals surface area contributed by atoms with Crippen LogP contribution in [0.3, 0.4) is 0 Å². The van der Waals surface area contributed by atoms with Crippen LogP contribution in [-0.2, 0) is 0 Å². The molecular weight excluding hydrogens is 246 g/mol. The van der Waals surface area contributed by atoms with Crippen LogP contribution in [0.1, 0.15) is 27.2 Å². The predicted octanol–water partition coefficient (Wildman–Crippen LogP) is 2.53. The third kappa shape index (κ3) is 4.40. The molecule has 106 valence electrons. The van der Waals surface area contributed by atoms with Crippen LogP contribution in [0.4, 0.5) is 11.4 Å². The maximum Gasteiger partial charge on any atom is 0.333 e. The zero-order valence-electron chi connectivity index (χ0n) is 11.6. The molecule has 6 heteroatoms. The molecule has 0 amide bonds. The maximum absolute atomic E-state index is 11.2. The normalized spacial score (nSPS) is 12.3. The van der Waals surface area contributed by atoms with Gasteiger partial charge >= 0.3 is 5.69 Å². The Hall–Kier alpha value is -1.82. The lowest BCUT2D eigenvalue weighted by Crippen LogP contribution is -2.28. The van der Waals surface area contributed by atoms with Crippen molar-refractivity contribution < 1.29 is 9.66 Å². The molecule has 0 saturated carbocycles. The first-order chi connectivity index (χ1) is 8.95. The van der Waals surface area contributed by atoms with Gasteiger partial charge in [0.1, 0.15) is 5.69 Å². The molecule has 0 fully saturated rings. The fourth-order valence-electron chi connectivity index (χ4n) is 1.59. The monoisotopic (exact) mass is 267 g/mol. The lowest BCUT2D eigenvalue weighted by molar-refractivity contribution is -0.385. The van der Waals surface area contributed by atoms with Gasteiger partial charge in [0.15, 0.2) is 5.75 Å². The summed E-state index contributed by atoms with van der Waals surface area (Å²) in [5.41, 5.74) is 6.20. The molecule has 0 aromatic heterocycles. The molecule has 3 N–H and O–H groups in total. The number of nitro benzene ring substituents is 1. The number of nitrogens with zero attached hydrogens (tertiary/aromatic N) is 1. The van der Waals surface area contributed by atoms with E-state index in [0.717, 1.165) is 6.42 Å². The molecule has 1 aromatic carbocycles. The molecule has 0 heterocycles. The minimum atomic E-state index is -0.433. The highest BCUT2D eigenvalue weighted by atomic mass is 16.6. The second-order valence-electron chi connectivity index (χ2n) is 4.63. The molecule has 0 aliphatic heterocycles. The molecule has 1 unspecified atom stereocenters. The summed E-state index contributed by atoms with van der Waals surface area (Å²) in [6, 6.07) is 4.95. The zero-order chi connectivity index (χ0) is 14.4. The van der Waals surface area contributed by atoms with Crippen molar-refractivity contribution in [2.75, 3.05) is 11.9 Å². The van der Waals surface area contributed by atoms with Crippen molar-refractivity contribution in [2.45, 2.75) is 39.3 Å². The summed E-state index contributed by atoms with van der Waals surface area (Å²) >= 11 is 0. The number of hydrogen-bond acceptors (Lipinski definition) is 5. The Kier molecular flexibility index (Phi) is 5.57. The minimum Gasteiger partial charge on any atom is -0.484 e. The second-order valence-corrected chi connectivity index (χ2v) is 4.63. The Morgan fingerprint density at radius 2 is 2.16 bits per heavy atom. The van der Waals surface area contributed by atoms with Crippen molar-refractivity contribution >= 4 is 11.4 Å². The number of hydrogen-bond donors (Lipinski definition) is 2. The Morgan fingerprint density at radius 1 is 1.47 bits per heavy atom. The first-order valence-electron chi connectivity index (χ1n) is 6.39. The average molecular weight is 267 g/mol. The molecule has 1 aromatic rings. The largest absolute Gasteiger partial charge is 0.484 e. The molecule has 0 aliphatic carbocycles. The van der Waals surface area contributed by atoms with Gasteiger partial charge in [0.2, 0.25) is 0 Å². The molecule has 0 spiro atoms. The number of para-hydroxylation sites is 1. The molecule has 19 heavy (non-hydrogen) atoms. The van der Waals surface area contributed by atoms with E-state index in [1.54, 1.807) is 18.2 Å². The highest BCUT2D eigenvalue weighted by molar-refractivity contribution is 5.68. The van der Waals surface area contributed by atoms with Crippen LogP contribution in [0.2, 0.25) is 0 Å². The van der Waals surface area contributed by atoms with E-state index in [1.807, 2.05) is 20.8 Å². The lowest BCUT2D eigenvalue weighted by Gasteiger charge is -2.15. The Bertz CT molecular complexity index is 435. The summed E-state index contributed by atoms with van der Waals surface area (Å²) in [7, 11) is 0. The van der Waals surface area contributed by atoms with E-state index in [4.69, 9.17) is 10.5 Å². The SMILES string of the molecule is CCC(N)CNc1cccc(OC(C)C)c1[N+](=O)[O-]. The van der Waals surface area contributed by atoms with Crippen LogP contribution in [-0.4, -0.2) is 23.6 Å². The van der Waals surface area contributed by atoms with Crippen molar-refractivity contribution in [1.82, 2.24) is 0 Å². The quantitative estimate of drug-likeness (QED) is 0.585. The molecule has 0 saturated heterocycles. The van der Waals surface area contributed by atoms with Crippen molar-refractivity contribution in [1.29, 1.82) is 0 Å². The number of anilines is 1. The summed E-state index contributed by atoms with van der Waals surface area (Å²) in [5, 5.41) is 14.2. The molecule has 0 radical (unpaired) electrons. The van der Waals surface area contributed by atoms with E-state index in [-0.39, 0.29) is 23.6 Å². The summed E-state index contributed by atoms with van der Waals surface area (Å²) in [6.45, 7) is 6.12. The number of nitro groups is 1. The molecule has 0 bridgehead atoms. The van der Waals surface area contributed by atoms with Crippen molar-refractivity contribution in [2.24, 2.45) is 5.73 Å². The number of ether oxygens (including phenoxy) is 1. The van der Waals surface area contributed by atoms with Crippen molar-refractivity contribution in [3.05, 3.63) is 28.3 Å². The highest BCUT2D eigenvalue weighted by Gasteiger charge is 2.21. The maximum atomic E-state index is 11.2. The Balaban J connectivity index is 2.99. The Morgan fingerprint density at radius 3 is 2.68 bits per heavy atom. The molecule has 1 atom stereocenters. The summed E-state index contributed by atoms with van der Waals surface area (Å²) < 4.78 is 5.47. The molecule has 6 nitrogen and oxygen atoms in total. The zero-order valence-corrected chi connectivity index (χ0v) is 11.6. The van der Waals surface area contributed by atoms with Crippen LogP contribution in [0.5, 0.6) is 5.75 Å². The standard InChI is InChI=1S/C13H21N3O3/c1-4-10(14)8-15-11-6-5-7-12(19-9(2)3)13(11)16(17)18/h5-7,9-10,15H,4,8,14H2,1-3H3. The predicted molar refractivity (Wildman–Crippen MR) is 75.6 cm³/mol. The van der Waals surface area contributed by atoms with Gasteiger partial charge in [-0.05, 0) is 32.4 Å². The van der Waals surface area contributed by atoms with Crippen molar-refractivity contribution in [3.8, 4) is 5.75 Å². The topological polar surface area (TPSA) is 90.4 Å². The van der Waals surface area contributed by atoms with Gasteiger partial charge in [-0.2, -0.15) is 0 Å². The van der Waals surface area contributed by atoms with E-state index in [1.165, 1.54) is 0 Å². The van der Waals surface area contributed by atoms with Gasteiger partial charge in [-0.15, -0.1) is 0 Å². The van der Waals surface area contributed by atoms with Gasteiger partial charge in [0.05, 0.1) is 11.0 Å². The van der Waals surface area contributed by atoms with Gasteiger partial charge in [-0.3, -0.25) is 10.1 Å². The number of benzene rings is 1. The van der Waals surface area contributed by atoms with Gasteiger partial charge in [-0.25, -0.2) is 0 Å². The van der Waals surface area contributed by atoms with Crippen LogP contribution in [0, 0.1) is 10.1 Å². The fourth-order valence-corrected chi connectivity index (χ4v) is 1.59. The van der Waals surface area contributed by atoms with Gasteiger partial charge < -0.3 is 15.8 Å². The molecule has 0 aliphatic rings. The Labute approximate surface area is 113 Å². The first-order valence-corrected chi connectivity index (χ1v) is 6.39. The first kappa shape index (κ1) is 15.2. The van der Waals surface area contributed by atoms with Crippen molar-refractivity contribution in [3.63, 3.8) is 0 Å². The van der Waals surface area contributed by atoms with Gasteiger partial charge in [0, 0.05) is 12.6 Å². The molecular formula is C13H21N3O3. The summed E-state index contributed by atoms with van der Waals surface area (Å²) in [4.78, 5) is 10.8. The van der Waals surface area contributed by atoms with Gasteiger partial charge in [0.25, 0.3) is 0 Å². The average Bonchev–Trinajstić information content (AvgIpc) is 2.34. The van der Waals surface area contributed by atoms with Crippen LogP contribution in [0.15, 0.2) is 18.2 Å². The number of nitrogens with one attached hydrogen (secondary N) is 1. The van der Waals surface area contributed by atoms with E-state index >= 15 is 0 Å². The third-order valence-corrected chi connectivity index (χ3v) is 2.62. The number of rotatable bonds is 7. The summed E-state index contributed by atoms with van der Waals surface area (Å²) in [6.07, 6.45) is 0.690. The lowest BCUT2D eigenvalue weighted by atomic mass is 10.2. The van der Waals surface area contributed by atoms with Gasteiger partial charge in [-0.1, -0.05) is 13.0 Å². The fraction of sp³-hybridized carbons (Fsp3) is 0.538. The minimum absolute atomic E-state index is 0.0331. The second kappa shape index (κ2) is 6.94. The van der Waals surface area contributed by atoms with E-state index in [2.05, 4.69) is 5.32 Å². The molecule has 1 rings (SSSR count). The van der Waals surface area contributed by atoms with Crippen LogP contribution in [0.25, 0.3) is 0 Å². The third-order valence-electron chi connectivity index (χ3n) is 2.62. The van der Waals surface area contributed by atoms with Crippen LogP contribution >= 0.6 is 0 Å².